The van der Waals surface area contributed by atoms with Crippen LogP contribution in [0.1, 0.15) is 36.6 Å². The maximum Gasteiger partial charge on any atom is 0.490 e. The number of fused-ring (bicyclic) bond motifs is 1. The molecule has 0 bridgehead atoms. The number of halogens is 3. The first-order chi connectivity index (χ1) is 20.3. The highest BCUT2D eigenvalue weighted by molar-refractivity contribution is 6.09. The number of benzene rings is 2. The van der Waals surface area contributed by atoms with Crippen molar-refractivity contribution in [2.45, 2.75) is 50.6 Å². The highest BCUT2D eigenvalue weighted by atomic mass is 19.4. The van der Waals surface area contributed by atoms with Crippen LogP contribution < -0.4 is 21.1 Å². The number of hydrogen-bond donors (Lipinski definition) is 3. The number of imide groups is 1. The first-order valence-corrected chi connectivity index (χ1v) is 13.1. The topological polar surface area (TPSA) is 154 Å². The smallest absolute Gasteiger partial charge is 0.489 e. The number of urea groups is 1. The largest absolute Gasteiger partial charge is 0.490 e. The van der Waals surface area contributed by atoms with E-state index in [1.807, 2.05) is 61.5 Å². The van der Waals surface area contributed by atoms with Crippen molar-refractivity contribution in [1.29, 1.82) is 0 Å². The van der Waals surface area contributed by atoms with Gasteiger partial charge in [0.1, 0.15) is 17.9 Å². The number of ether oxygens (including phenoxy) is 2. The van der Waals surface area contributed by atoms with Gasteiger partial charge in [-0.15, -0.1) is 0 Å². The molecule has 1 saturated heterocycles. The van der Waals surface area contributed by atoms with Gasteiger partial charge >= 0.3 is 18.2 Å². The number of rotatable bonds is 7. The van der Waals surface area contributed by atoms with Gasteiger partial charge in [-0.3, -0.25) is 15.1 Å². The summed E-state index contributed by atoms with van der Waals surface area (Å²) in [4.78, 5) is 43.6. The third-order valence-electron chi connectivity index (χ3n) is 6.97. The molecule has 11 nitrogen and oxygen atoms in total. The second-order valence-corrected chi connectivity index (χ2v) is 10.3. The Morgan fingerprint density at radius 1 is 1.14 bits per heavy atom. The predicted molar refractivity (Wildman–Crippen MR) is 149 cm³/mol. The number of amides is 3. The van der Waals surface area contributed by atoms with Gasteiger partial charge in [0, 0.05) is 41.6 Å². The average molecular weight is 602 g/mol. The number of alkyl halides is 3. The van der Waals surface area contributed by atoms with Crippen molar-refractivity contribution in [2.24, 2.45) is 10.9 Å². The maximum absolute atomic E-state index is 12.2. The minimum absolute atomic E-state index is 0.206. The summed E-state index contributed by atoms with van der Waals surface area (Å²) >= 11 is 0. The van der Waals surface area contributed by atoms with Crippen LogP contribution in [0, 0.1) is 6.92 Å². The van der Waals surface area contributed by atoms with Gasteiger partial charge in [-0.25, -0.2) is 9.59 Å². The third kappa shape index (κ3) is 7.02. The molecule has 2 unspecified atom stereocenters. The van der Waals surface area contributed by atoms with Crippen molar-refractivity contribution in [1.82, 2.24) is 15.6 Å². The van der Waals surface area contributed by atoms with E-state index in [1.54, 1.807) is 6.92 Å². The first kappa shape index (κ1) is 31.2. The molecule has 2 aliphatic heterocycles. The zero-order chi connectivity index (χ0) is 31.4. The third-order valence-corrected chi connectivity index (χ3v) is 6.97. The molecule has 43 heavy (non-hydrogen) atoms. The van der Waals surface area contributed by atoms with E-state index < -0.39 is 29.3 Å². The van der Waals surface area contributed by atoms with Gasteiger partial charge in [-0.2, -0.15) is 13.2 Å². The van der Waals surface area contributed by atoms with E-state index in [9.17, 15) is 27.6 Å². The lowest BCUT2D eigenvalue weighted by molar-refractivity contribution is -0.196. The molecule has 2 aliphatic rings. The Morgan fingerprint density at radius 2 is 1.84 bits per heavy atom. The van der Waals surface area contributed by atoms with Crippen molar-refractivity contribution in [2.75, 3.05) is 13.7 Å². The van der Waals surface area contributed by atoms with E-state index in [4.69, 9.17) is 15.3 Å². The number of nitrogens with zero attached hydrogens (tertiary/aromatic N) is 2. The molecule has 3 aromatic rings. The van der Waals surface area contributed by atoms with Crippen LogP contribution in [0.2, 0.25) is 0 Å². The summed E-state index contributed by atoms with van der Waals surface area (Å²) in [6.45, 7) is 4.26. The van der Waals surface area contributed by atoms with Crippen molar-refractivity contribution >= 4 is 34.5 Å². The number of nitrogens with two attached hydrogens (primary N) is 1. The number of carbonyl (C=O) groups excluding carboxylic acids is 3. The Bertz CT molecular complexity index is 1560. The van der Waals surface area contributed by atoms with Crippen LogP contribution in [0.3, 0.4) is 0 Å². The Kier molecular flexibility index (Phi) is 8.90. The summed E-state index contributed by atoms with van der Waals surface area (Å²) in [5.41, 5.74) is 8.71. The summed E-state index contributed by atoms with van der Waals surface area (Å²) in [7, 11) is 0.676. The molecule has 5 rings (SSSR count). The molecule has 0 radical (unpaired) electrons. The standard InChI is InChI=1S/C26H27N5O4.C3H3F3O2/c1-16-11-17(21-5-3-4-6-22(21)28-16)14-34-20-9-7-18(8-10-20)26(15-27)13-19(31-35-26)12-25(2)23(32)29-24(33)30-25;1-8-2(7)3(4,5)6/h3-11H,12-15,27H2,1-2H3,(H2,29,30,32,33);1H3. The van der Waals surface area contributed by atoms with Crippen molar-refractivity contribution in [3.8, 4) is 5.75 Å². The average Bonchev–Trinajstić information content (AvgIpc) is 3.50. The van der Waals surface area contributed by atoms with Crippen LogP contribution in [0.15, 0.2) is 59.8 Å². The zero-order valence-electron chi connectivity index (χ0n) is 23.6. The fraction of sp³-hybridized carbons (Fsp3) is 0.345. The van der Waals surface area contributed by atoms with Crippen LogP contribution in [0.25, 0.3) is 10.9 Å². The normalized spacial score (nSPS) is 21.2. The predicted octanol–water partition coefficient (Wildman–Crippen LogP) is 3.76. The minimum atomic E-state index is -4.85. The molecular weight excluding hydrogens is 571 g/mol. The number of aryl methyl sites for hydroxylation is 1. The highest BCUT2D eigenvalue weighted by Gasteiger charge is 2.47. The number of esters is 1. The molecule has 228 valence electrons. The number of para-hydroxylation sites is 1. The Balaban J connectivity index is 0.000000467. The van der Waals surface area contributed by atoms with Gasteiger partial charge in [0.2, 0.25) is 0 Å². The fourth-order valence-electron chi connectivity index (χ4n) is 4.78. The Morgan fingerprint density at radius 3 is 2.42 bits per heavy atom. The van der Waals surface area contributed by atoms with Gasteiger partial charge in [0.05, 0.1) is 18.3 Å². The molecule has 1 fully saturated rings. The first-order valence-electron chi connectivity index (χ1n) is 13.1. The number of carbonyl (C=O) groups is 3. The van der Waals surface area contributed by atoms with Gasteiger partial charge in [0.25, 0.3) is 5.91 Å². The fourth-order valence-corrected chi connectivity index (χ4v) is 4.78. The lowest BCUT2D eigenvalue weighted by Gasteiger charge is -2.26. The van der Waals surface area contributed by atoms with Gasteiger partial charge in [0.15, 0.2) is 5.60 Å². The lowest BCUT2D eigenvalue weighted by Crippen LogP contribution is -2.45. The van der Waals surface area contributed by atoms with Gasteiger partial charge in [-0.05, 0) is 38.1 Å². The number of oxime groups is 1. The Hall–Kier alpha value is -4.72. The number of aromatic nitrogens is 1. The number of nitrogens with one attached hydrogen (secondary N) is 2. The van der Waals surface area contributed by atoms with Crippen LogP contribution in [-0.4, -0.2) is 54.0 Å². The molecule has 2 atom stereocenters. The summed E-state index contributed by atoms with van der Waals surface area (Å²) in [6, 6.07) is 17.2. The van der Waals surface area contributed by atoms with E-state index in [1.165, 1.54) is 0 Å². The van der Waals surface area contributed by atoms with Gasteiger partial charge < -0.3 is 25.4 Å². The molecule has 0 aliphatic carbocycles. The SMILES string of the molecule is COC(=O)C(F)(F)F.Cc1cc(COc2ccc(C3(CN)CC(CC4(C)NC(=O)NC4=O)=NO3)cc2)c2ccccc2n1. The van der Waals surface area contributed by atoms with E-state index in [0.29, 0.717) is 25.8 Å². The second-order valence-electron chi connectivity index (χ2n) is 10.3. The maximum atomic E-state index is 12.2. The minimum Gasteiger partial charge on any atom is -0.489 e. The molecule has 14 heteroatoms. The van der Waals surface area contributed by atoms with Crippen molar-refractivity contribution in [3.63, 3.8) is 0 Å². The molecule has 3 amide bonds. The lowest BCUT2D eigenvalue weighted by atomic mass is 9.85. The van der Waals surface area contributed by atoms with E-state index >= 15 is 0 Å². The molecule has 4 N–H and O–H groups in total. The summed E-state index contributed by atoms with van der Waals surface area (Å²) < 4.78 is 42.3. The number of hydrogen-bond acceptors (Lipinski definition) is 9. The van der Waals surface area contributed by atoms with Crippen molar-refractivity contribution in [3.05, 3.63) is 71.4 Å². The summed E-state index contributed by atoms with van der Waals surface area (Å²) in [6.07, 6.45) is -4.19. The van der Waals surface area contributed by atoms with Gasteiger partial charge in [-0.1, -0.05) is 35.5 Å². The molecule has 2 aromatic carbocycles. The number of methoxy groups -OCH3 is 1. The molecule has 0 spiro atoms. The second kappa shape index (κ2) is 12.3. The monoisotopic (exact) mass is 601 g/mol. The quantitative estimate of drug-likeness (QED) is 0.273. The zero-order valence-corrected chi connectivity index (χ0v) is 23.6. The van der Waals surface area contributed by atoms with Crippen LogP contribution in [-0.2, 0) is 31.4 Å². The van der Waals surface area contributed by atoms with E-state index in [0.717, 1.165) is 33.5 Å². The van der Waals surface area contributed by atoms with E-state index in [-0.39, 0.29) is 18.9 Å². The Labute approximate surface area is 244 Å². The molecular formula is C29H30F3N5O6. The van der Waals surface area contributed by atoms with Crippen LogP contribution in [0.4, 0.5) is 18.0 Å². The van der Waals surface area contributed by atoms with E-state index in [2.05, 4.69) is 25.5 Å². The van der Waals surface area contributed by atoms with Crippen LogP contribution in [0.5, 0.6) is 5.75 Å². The highest BCUT2D eigenvalue weighted by Crippen LogP contribution is 2.37. The molecule has 1 aromatic heterocycles. The summed E-state index contributed by atoms with van der Waals surface area (Å²) in [5, 5.41) is 10.2. The number of pyridine rings is 1. The molecule has 0 saturated carbocycles. The van der Waals surface area contributed by atoms with Crippen LogP contribution >= 0.6 is 0 Å². The van der Waals surface area contributed by atoms with Crippen molar-refractivity contribution < 1.29 is 41.9 Å². The summed E-state index contributed by atoms with van der Waals surface area (Å²) in [5.74, 6) is -1.83. The molecule has 3 heterocycles.